The first-order chi connectivity index (χ1) is 9.29. The molecule has 2 rings (SSSR count). The maximum Gasteiger partial charge on any atom is 0.308 e. The summed E-state index contributed by atoms with van der Waals surface area (Å²) in [6, 6.07) is 0. The van der Waals surface area contributed by atoms with Gasteiger partial charge in [-0.2, -0.15) is 0 Å². The fourth-order valence-corrected chi connectivity index (χ4v) is 3.19. The number of fused-ring (bicyclic) bond motifs is 1. The first kappa shape index (κ1) is 14.8. The van der Waals surface area contributed by atoms with Gasteiger partial charge >= 0.3 is 5.97 Å². The second-order valence-corrected chi connectivity index (χ2v) is 6.08. The predicted octanol–water partition coefficient (Wildman–Crippen LogP) is 4.20. The van der Waals surface area contributed by atoms with E-state index in [4.69, 9.17) is 9.47 Å². The quantitative estimate of drug-likeness (QED) is 0.464. The van der Waals surface area contributed by atoms with Gasteiger partial charge in [0.15, 0.2) is 0 Å². The Kier molecular flexibility index (Phi) is 6.15. The highest BCUT2D eigenvalue weighted by Gasteiger charge is 2.43. The number of hydrogen-bond donors (Lipinski definition) is 0. The van der Waals surface area contributed by atoms with E-state index in [1.807, 2.05) is 0 Å². The second-order valence-electron chi connectivity index (χ2n) is 6.08. The highest BCUT2D eigenvalue weighted by Crippen LogP contribution is 2.37. The van der Waals surface area contributed by atoms with Gasteiger partial charge in [-0.15, -0.1) is 0 Å². The molecular weight excluding hydrogens is 240 g/mol. The SMILES string of the molecule is CCCCCCCCCC[C@@H]1C[C@H]2CC(=O)O[C@H]2O1. The Hall–Kier alpha value is -0.570. The molecule has 0 unspecified atom stereocenters. The lowest BCUT2D eigenvalue weighted by atomic mass is 9.99. The lowest BCUT2D eigenvalue weighted by molar-refractivity contribution is -0.164. The Morgan fingerprint density at radius 2 is 1.74 bits per heavy atom. The molecule has 0 aromatic rings. The topological polar surface area (TPSA) is 35.5 Å². The first-order valence-corrected chi connectivity index (χ1v) is 8.14. The summed E-state index contributed by atoms with van der Waals surface area (Å²) in [7, 11) is 0. The monoisotopic (exact) mass is 268 g/mol. The molecule has 0 aromatic heterocycles. The second kappa shape index (κ2) is 7.88. The maximum absolute atomic E-state index is 11.1. The summed E-state index contributed by atoms with van der Waals surface area (Å²) in [5.74, 6) is 0.257. The molecule has 0 radical (unpaired) electrons. The average molecular weight is 268 g/mol. The van der Waals surface area contributed by atoms with Crippen molar-refractivity contribution >= 4 is 5.97 Å². The molecule has 3 nitrogen and oxygen atoms in total. The normalized spacial score (nSPS) is 29.5. The minimum Gasteiger partial charge on any atom is -0.435 e. The van der Waals surface area contributed by atoms with Crippen molar-refractivity contribution in [3.63, 3.8) is 0 Å². The third kappa shape index (κ3) is 4.79. The number of esters is 1. The van der Waals surface area contributed by atoms with Crippen molar-refractivity contribution in [2.24, 2.45) is 5.92 Å². The Bertz CT molecular complexity index is 261. The largest absolute Gasteiger partial charge is 0.435 e. The van der Waals surface area contributed by atoms with Crippen LogP contribution in [0.3, 0.4) is 0 Å². The molecule has 0 spiro atoms. The number of carbonyl (C=O) groups excluding carboxylic acids is 1. The van der Waals surface area contributed by atoms with Crippen LogP contribution in [0.4, 0.5) is 0 Å². The molecule has 2 heterocycles. The molecule has 0 aromatic carbocycles. The zero-order chi connectivity index (χ0) is 13.5. The number of rotatable bonds is 9. The van der Waals surface area contributed by atoms with Crippen molar-refractivity contribution in [1.82, 2.24) is 0 Å². The highest BCUT2D eigenvalue weighted by molar-refractivity contribution is 5.72. The van der Waals surface area contributed by atoms with Gasteiger partial charge in [0, 0.05) is 5.92 Å². The standard InChI is InChI=1S/C16H28O3/c1-2-3-4-5-6-7-8-9-10-14-11-13-12-15(17)19-16(13)18-14/h13-14,16H,2-12H2,1H3/t13-,14+,16+/m0/s1. The molecular formula is C16H28O3. The molecule has 2 saturated heterocycles. The van der Waals surface area contributed by atoms with E-state index in [0.717, 1.165) is 12.8 Å². The molecule has 110 valence electrons. The van der Waals surface area contributed by atoms with E-state index in [-0.39, 0.29) is 12.3 Å². The van der Waals surface area contributed by atoms with Crippen LogP contribution in [0.5, 0.6) is 0 Å². The van der Waals surface area contributed by atoms with Crippen LogP contribution in [0, 0.1) is 5.92 Å². The van der Waals surface area contributed by atoms with E-state index < -0.39 is 0 Å². The van der Waals surface area contributed by atoms with E-state index in [9.17, 15) is 4.79 Å². The third-order valence-corrected chi connectivity index (χ3v) is 4.33. The molecule has 3 heteroatoms. The Balaban J connectivity index is 1.44. The average Bonchev–Trinajstić information content (AvgIpc) is 2.89. The van der Waals surface area contributed by atoms with Crippen molar-refractivity contribution in [3.8, 4) is 0 Å². The van der Waals surface area contributed by atoms with Crippen LogP contribution in [0.15, 0.2) is 0 Å². The van der Waals surface area contributed by atoms with Gasteiger partial charge in [0.25, 0.3) is 0 Å². The van der Waals surface area contributed by atoms with E-state index in [1.165, 1.54) is 51.4 Å². The van der Waals surface area contributed by atoms with Crippen molar-refractivity contribution in [3.05, 3.63) is 0 Å². The van der Waals surface area contributed by atoms with Gasteiger partial charge < -0.3 is 9.47 Å². The summed E-state index contributed by atoms with van der Waals surface area (Å²) < 4.78 is 10.9. The molecule has 0 amide bonds. The minimum atomic E-state index is -0.216. The van der Waals surface area contributed by atoms with Gasteiger partial charge in [0.05, 0.1) is 12.5 Å². The van der Waals surface area contributed by atoms with E-state index in [2.05, 4.69) is 6.92 Å². The van der Waals surface area contributed by atoms with Gasteiger partial charge in [-0.25, -0.2) is 0 Å². The van der Waals surface area contributed by atoms with Crippen LogP contribution in [-0.4, -0.2) is 18.4 Å². The molecule has 0 saturated carbocycles. The number of carbonyl (C=O) groups is 1. The summed E-state index contributed by atoms with van der Waals surface area (Å²) in [4.78, 5) is 11.1. The summed E-state index contributed by atoms with van der Waals surface area (Å²) in [6.07, 6.45) is 13.7. The number of hydrogen-bond acceptors (Lipinski definition) is 3. The zero-order valence-electron chi connectivity index (χ0n) is 12.2. The molecule has 19 heavy (non-hydrogen) atoms. The van der Waals surface area contributed by atoms with Gasteiger partial charge in [-0.3, -0.25) is 4.79 Å². The van der Waals surface area contributed by atoms with Crippen LogP contribution >= 0.6 is 0 Å². The van der Waals surface area contributed by atoms with Crippen LogP contribution in [0.25, 0.3) is 0 Å². The van der Waals surface area contributed by atoms with Crippen molar-refractivity contribution < 1.29 is 14.3 Å². The van der Waals surface area contributed by atoms with Crippen molar-refractivity contribution in [2.75, 3.05) is 0 Å². The fraction of sp³-hybridized carbons (Fsp3) is 0.938. The summed E-state index contributed by atoms with van der Waals surface area (Å²) in [5.41, 5.74) is 0. The van der Waals surface area contributed by atoms with E-state index >= 15 is 0 Å². The van der Waals surface area contributed by atoms with E-state index in [0.29, 0.717) is 18.4 Å². The molecule has 0 N–H and O–H groups in total. The molecule has 2 aliphatic rings. The molecule has 3 atom stereocenters. The van der Waals surface area contributed by atoms with Crippen molar-refractivity contribution in [1.29, 1.82) is 0 Å². The van der Waals surface area contributed by atoms with Crippen LogP contribution in [-0.2, 0) is 14.3 Å². The lowest BCUT2D eigenvalue weighted by Gasteiger charge is -2.11. The molecule has 2 fully saturated rings. The minimum absolute atomic E-state index is 0.0828. The van der Waals surface area contributed by atoms with Gasteiger partial charge in [-0.05, 0) is 12.8 Å². The highest BCUT2D eigenvalue weighted by atomic mass is 16.7. The van der Waals surface area contributed by atoms with Crippen LogP contribution < -0.4 is 0 Å². The fourth-order valence-electron chi connectivity index (χ4n) is 3.19. The zero-order valence-corrected chi connectivity index (χ0v) is 12.2. The lowest BCUT2D eigenvalue weighted by Crippen LogP contribution is -2.14. The Morgan fingerprint density at radius 1 is 1.05 bits per heavy atom. The first-order valence-electron chi connectivity index (χ1n) is 8.14. The number of unbranched alkanes of at least 4 members (excludes halogenated alkanes) is 7. The van der Waals surface area contributed by atoms with Gasteiger partial charge in [-0.1, -0.05) is 58.3 Å². The number of ether oxygens (including phenoxy) is 2. The van der Waals surface area contributed by atoms with Crippen molar-refractivity contribution in [2.45, 2.75) is 89.9 Å². The molecule has 2 aliphatic heterocycles. The molecule has 0 bridgehead atoms. The smallest absolute Gasteiger partial charge is 0.308 e. The maximum atomic E-state index is 11.1. The summed E-state index contributed by atoms with van der Waals surface area (Å²) >= 11 is 0. The molecule has 0 aliphatic carbocycles. The third-order valence-electron chi connectivity index (χ3n) is 4.33. The van der Waals surface area contributed by atoms with Crippen LogP contribution in [0.2, 0.25) is 0 Å². The van der Waals surface area contributed by atoms with Gasteiger partial charge in [0.2, 0.25) is 6.29 Å². The van der Waals surface area contributed by atoms with E-state index in [1.54, 1.807) is 0 Å². The van der Waals surface area contributed by atoms with Crippen LogP contribution in [0.1, 0.15) is 77.6 Å². The summed E-state index contributed by atoms with van der Waals surface area (Å²) in [6.45, 7) is 2.26. The van der Waals surface area contributed by atoms with Gasteiger partial charge in [0.1, 0.15) is 0 Å². The summed E-state index contributed by atoms with van der Waals surface area (Å²) in [5, 5.41) is 0. The Labute approximate surface area is 117 Å². The predicted molar refractivity (Wildman–Crippen MR) is 74.7 cm³/mol. The Morgan fingerprint density at radius 3 is 2.42 bits per heavy atom.